The molecule has 4 heterocycles. The van der Waals surface area contributed by atoms with Gasteiger partial charge in [-0.2, -0.15) is 0 Å². The third-order valence-corrected chi connectivity index (χ3v) is 8.17. The minimum Gasteiger partial charge on any atom is -0.480 e. The fourth-order valence-electron chi connectivity index (χ4n) is 4.70. The maximum Gasteiger partial charge on any atom is 0.319 e. The Labute approximate surface area is 239 Å². The molecule has 212 valence electrons. The van der Waals surface area contributed by atoms with Crippen LogP contribution in [0.4, 0.5) is 14.9 Å². The molecule has 12 heteroatoms. The quantitative estimate of drug-likeness (QED) is 0.261. The fourth-order valence-corrected chi connectivity index (χ4v) is 5.74. The average molecular weight is 577 g/mol. The van der Waals surface area contributed by atoms with Gasteiger partial charge in [0.25, 0.3) is 0 Å². The second-order valence-corrected chi connectivity index (χ2v) is 11.3. The Morgan fingerprint density at radius 3 is 2.54 bits per heavy atom. The van der Waals surface area contributed by atoms with Crippen LogP contribution in [0.5, 0.6) is 11.5 Å². The van der Waals surface area contributed by atoms with E-state index in [1.165, 1.54) is 23.5 Å². The topological polar surface area (TPSA) is 120 Å². The number of halogens is 1. The lowest BCUT2D eigenvalue weighted by atomic mass is 10.2. The van der Waals surface area contributed by atoms with Crippen LogP contribution in [0.15, 0.2) is 54.9 Å². The number of fused-ring (bicyclic) bond motifs is 1. The van der Waals surface area contributed by atoms with Gasteiger partial charge >= 0.3 is 12.0 Å². The molecule has 41 heavy (non-hydrogen) atoms. The van der Waals surface area contributed by atoms with Crippen LogP contribution in [-0.4, -0.2) is 75.6 Å². The van der Waals surface area contributed by atoms with E-state index in [1.807, 2.05) is 23.2 Å². The third-order valence-electron chi connectivity index (χ3n) is 7.01. The van der Waals surface area contributed by atoms with E-state index in [4.69, 9.17) is 9.84 Å². The number of carboxylic acid groups (broad SMARTS) is 1. The molecule has 4 aromatic rings. The summed E-state index contributed by atoms with van der Waals surface area (Å²) in [6.07, 6.45) is 5.43. The zero-order valence-electron chi connectivity index (χ0n) is 22.2. The van der Waals surface area contributed by atoms with Crippen LogP contribution in [0, 0.1) is 5.82 Å². The second-order valence-electron chi connectivity index (χ2n) is 10.3. The lowest BCUT2D eigenvalue weighted by Gasteiger charge is -2.33. The van der Waals surface area contributed by atoms with Crippen molar-refractivity contribution in [3.05, 3.63) is 66.2 Å². The highest BCUT2D eigenvalue weighted by atomic mass is 32.1. The largest absolute Gasteiger partial charge is 0.480 e. The van der Waals surface area contributed by atoms with Crippen molar-refractivity contribution >= 4 is 39.2 Å². The Bertz CT molecular complexity index is 1570. The van der Waals surface area contributed by atoms with Crippen LogP contribution in [0.3, 0.4) is 0 Å². The van der Waals surface area contributed by atoms with Crippen molar-refractivity contribution in [3.8, 4) is 22.1 Å². The standard InChI is InChI=1S/C29H29FN6O4S/c30-21-13-20(34-29(39)33-19-2-3-19)4-6-24(21)40-25-7-8-31-23-14-26(41-28(23)25)22-5-1-18(15-32-22)16-35-9-11-36(12-10-35)17-27(37)38/h1,4-8,13-15,19H,2-3,9-12,16-17H2,(H,37,38)(H2,33,34,39). The van der Waals surface area contributed by atoms with Crippen molar-refractivity contribution in [2.24, 2.45) is 0 Å². The second kappa shape index (κ2) is 11.8. The number of hydrogen-bond donors (Lipinski definition) is 3. The highest BCUT2D eigenvalue weighted by molar-refractivity contribution is 7.22. The molecule has 2 aliphatic rings. The Morgan fingerprint density at radius 1 is 1.02 bits per heavy atom. The van der Waals surface area contributed by atoms with Gasteiger partial charge in [-0.25, -0.2) is 9.18 Å². The number of hydrogen-bond acceptors (Lipinski definition) is 8. The number of thiophene rings is 1. The summed E-state index contributed by atoms with van der Waals surface area (Å²) in [7, 11) is 0. The first-order valence-corrected chi connectivity index (χ1v) is 14.3. The molecule has 0 radical (unpaired) electrons. The molecule has 1 saturated carbocycles. The van der Waals surface area contributed by atoms with Gasteiger partial charge in [-0.1, -0.05) is 6.07 Å². The number of pyridine rings is 2. The zero-order valence-corrected chi connectivity index (χ0v) is 23.0. The molecule has 2 amide bonds. The van der Waals surface area contributed by atoms with Crippen molar-refractivity contribution in [2.45, 2.75) is 25.4 Å². The fraction of sp³-hybridized carbons (Fsp3) is 0.310. The normalized spacial score (nSPS) is 16.0. The molecule has 1 aliphatic heterocycles. The number of carboxylic acids is 1. The van der Waals surface area contributed by atoms with E-state index < -0.39 is 11.8 Å². The number of amides is 2. The number of nitrogens with one attached hydrogen (secondary N) is 2. The predicted octanol–water partition coefficient (Wildman–Crippen LogP) is 4.78. The number of urea groups is 1. The number of benzene rings is 1. The number of aliphatic carboxylic acids is 1. The molecule has 0 atom stereocenters. The van der Waals surface area contributed by atoms with Crippen molar-refractivity contribution in [1.82, 2.24) is 25.1 Å². The van der Waals surface area contributed by atoms with Gasteiger partial charge < -0.3 is 20.5 Å². The maximum atomic E-state index is 14.9. The molecular weight excluding hydrogens is 547 g/mol. The molecular formula is C29H29FN6O4S. The molecule has 1 saturated heterocycles. The van der Waals surface area contributed by atoms with Crippen LogP contribution in [0.25, 0.3) is 20.8 Å². The van der Waals surface area contributed by atoms with Crippen LogP contribution in [-0.2, 0) is 11.3 Å². The Balaban J connectivity index is 1.11. The minimum atomic E-state index is -0.793. The van der Waals surface area contributed by atoms with E-state index in [-0.39, 0.29) is 24.4 Å². The van der Waals surface area contributed by atoms with Crippen molar-refractivity contribution in [1.29, 1.82) is 0 Å². The Morgan fingerprint density at radius 2 is 1.83 bits per heavy atom. The van der Waals surface area contributed by atoms with Crippen LogP contribution in [0.1, 0.15) is 18.4 Å². The summed E-state index contributed by atoms with van der Waals surface area (Å²) >= 11 is 1.47. The summed E-state index contributed by atoms with van der Waals surface area (Å²) in [5.41, 5.74) is 2.96. The molecule has 0 bridgehead atoms. The first-order valence-electron chi connectivity index (χ1n) is 13.4. The van der Waals surface area contributed by atoms with Gasteiger partial charge in [0, 0.05) is 69.0 Å². The number of anilines is 1. The molecule has 1 aliphatic carbocycles. The highest BCUT2D eigenvalue weighted by Crippen LogP contribution is 2.39. The Kier molecular flexibility index (Phi) is 7.77. The summed E-state index contributed by atoms with van der Waals surface area (Å²) in [5.74, 6) is -0.850. The lowest BCUT2D eigenvalue weighted by molar-refractivity contribution is -0.138. The number of piperazine rings is 1. The lowest BCUT2D eigenvalue weighted by Crippen LogP contribution is -2.47. The molecule has 3 N–H and O–H groups in total. The molecule has 2 fully saturated rings. The van der Waals surface area contributed by atoms with Crippen molar-refractivity contribution < 1.29 is 23.8 Å². The van der Waals surface area contributed by atoms with E-state index in [9.17, 15) is 14.0 Å². The highest BCUT2D eigenvalue weighted by Gasteiger charge is 2.23. The van der Waals surface area contributed by atoms with Gasteiger partial charge in [0.2, 0.25) is 0 Å². The minimum absolute atomic E-state index is 0.0480. The number of nitrogens with zero attached hydrogens (tertiary/aromatic N) is 4. The summed E-state index contributed by atoms with van der Waals surface area (Å²) in [6, 6.07) is 11.9. The Hall–Kier alpha value is -4.13. The summed E-state index contributed by atoms with van der Waals surface area (Å²) in [6.45, 7) is 3.94. The SMILES string of the molecule is O=C(O)CN1CCN(Cc2ccc(-c3cc4nccc(Oc5ccc(NC(=O)NC6CC6)cc5F)c4s3)nc2)CC1. The maximum absolute atomic E-state index is 14.9. The molecule has 6 rings (SSSR count). The molecule has 1 aromatic carbocycles. The van der Waals surface area contributed by atoms with E-state index >= 15 is 0 Å². The first kappa shape index (κ1) is 27.1. The molecule has 10 nitrogen and oxygen atoms in total. The molecule has 0 unspecified atom stereocenters. The van der Waals surface area contributed by atoms with Crippen molar-refractivity contribution in [2.75, 3.05) is 38.0 Å². The van der Waals surface area contributed by atoms with Crippen LogP contribution >= 0.6 is 11.3 Å². The van der Waals surface area contributed by atoms with E-state index in [1.54, 1.807) is 18.3 Å². The average Bonchev–Trinajstić information content (AvgIpc) is 3.65. The van der Waals surface area contributed by atoms with Gasteiger partial charge in [-0.3, -0.25) is 24.6 Å². The van der Waals surface area contributed by atoms with Gasteiger partial charge in [0.1, 0.15) is 5.75 Å². The smallest absolute Gasteiger partial charge is 0.319 e. The van der Waals surface area contributed by atoms with Gasteiger partial charge in [0.15, 0.2) is 11.6 Å². The van der Waals surface area contributed by atoms with Gasteiger partial charge in [-0.15, -0.1) is 11.3 Å². The third kappa shape index (κ3) is 6.79. The predicted molar refractivity (Wildman–Crippen MR) is 154 cm³/mol. The molecule has 3 aromatic heterocycles. The van der Waals surface area contributed by atoms with Crippen LogP contribution < -0.4 is 15.4 Å². The number of rotatable bonds is 9. The molecule has 0 spiro atoms. The van der Waals surface area contributed by atoms with Crippen LogP contribution in [0.2, 0.25) is 0 Å². The van der Waals surface area contributed by atoms with Crippen molar-refractivity contribution in [3.63, 3.8) is 0 Å². The van der Waals surface area contributed by atoms with E-state index in [0.717, 1.165) is 71.9 Å². The summed E-state index contributed by atoms with van der Waals surface area (Å²) < 4.78 is 21.6. The van der Waals surface area contributed by atoms with E-state index in [2.05, 4.69) is 31.6 Å². The first-order chi connectivity index (χ1) is 19.9. The van der Waals surface area contributed by atoms with Gasteiger partial charge in [0.05, 0.1) is 27.3 Å². The number of carbonyl (C=O) groups is 2. The zero-order chi connectivity index (χ0) is 28.3. The number of ether oxygens (including phenoxy) is 1. The van der Waals surface area contributed by atoms with E-state index in [0.29, 0.717) is 11.4 Å². The monoisotopic (exact) mass is 576 g/mol. The number of aromatic nitrogens is 2. The number of carbonyl (C=O) groups excluding carboxylic acids is 1. The summed E-state index contributed by atoms with van der Waals surface area (Å²) in [5, 5.41) is 14.4. The van der Waals surface area contributed by atoms with Gasteiger partial charge in [-0.05, 0) is 42.7 Å². The summed E-state index contributed by atoms with van der Waals surface area (Å²) in [4.78, 5) is 37.2.